The minimum Gasteiger partial charge on any atom is -0.240 e. The molecular weight excluding hydrogens is 212 g/mol. The highest BCUT2D eigenvalue weighted by atomic mass is 19.3. The molecule has 86 valence electrons. The fourth-order valence-corrected chi connectivity index (χ4v) is 0.963. The molecule has 0 bridgehead atoms. The van der Waals surface area contributed by atoms with Crippen molar-refractivity contribution in [2.75, 3.05) is 13.1 Å². The van der Waals surface area contributed by atoms with Crippen LogP contribution in [0.25, 0.3) is 0 Å². The summed E-state index contributed by atoms with van der Waals surface area (Å²) in [6, 6.07) is -4.81. The number of halogens is 6. The van der Waals surface area contributed by atoms with Crippen LogP contribution in [0, 0.1) is 0 Å². The van der Waals surface area contributed by atoms with Gasteiger partial charge in [-0.1, -0.05) is 13.8 Å². The Balaban J connectivity index is 4.91. The fraction of sp³-hybridized carbons (Fsp3) is 1.00. The first-order chi connectivity index (χ1) is 6.21. The third-order valence-corrected chi connectivity index (χ3v) is 1.84. The quantitative estimate of drug-likeness (QED) is 0.511. The summed E-state index contributed by atoms with van der Waals surface area (Å²) in [5.41, 5.74) is 0. The van der Waals surface area contributed by atoms with Crippen LogP contribution in [-0.2, 0) is 0 Å². The molecule has 0 saturated carbocycles. The summed E-state index contributed by atoms with van der Waals surface area (Å²) in [7, 11) is 0. The van der Waals surface area contributed by atoms with E-state index in [-0.39, 0.29) is 4.90 Å². The molecule has 0 aromatic heterocycles. The number of hydrogen-bond acceptors (Lipinski definition) is 1. The van der Waals surface area contributed by atoms with E-state index < -0.39 is 31.5 Å². The van der Waals surface area contributed by atoms with Crippen LogP contribution in [0.5, 0.6) is 0 Å². The first-order valence-corrected chi connectivity index (χ1v) is 4.00. The molecule has 0 radical (unpaired) electrons. The zero-order valence-electron chi connectivity index (χ0n) is 7.71. The van der Waals surface area contributed by atoms with Crippen LogP contribution in [-0.4, -0.2) is 36.4 Å². The van der Waals surface area contributed by atoms with Gasteiger partial charge in [-0.05, 0) is 0 Å². The second-order valence-electron chi connectivity index (χ2n) is 2.64. The van der Waals surface area contributed by atoms with Crippen LogP contribution < -0.4 is 0 Å². The van der Waals surface area contributed by atoms with Crippen molar-refractivity contribution in [3.8, 4) is 0 Å². The van der Waals surface area contributed by atoms with Gasteiger partial charge >= 0.3 is 18.4 Å². The van der Waals surface area contributed by atoms with Gasteiger partial charge in [0.1, 0.15) is 0 Å². The van der Waals surface area contributed by atoms with Crippen molar-refractivity contribution in [1.29, 1.82) is 0 Å². The summed E-state index contributed by atoms with van der Waals surface area (Å²) in [4.78, 5) is -0.000833. The molecule has 14 heavy (non-hydrogen) atoms. The zero-order chi connectivity index (χ0) is 11.6. The van der Waals surface area contributed by atoms with Gasteiger partial charge in [0.15, 0.2) is 0 Å². The Morgan fingerprint density at radius 1 is 1.00 bits per heavy atom. The van der Waals surface area contributed by atoms with Crippen molar-refractivity contribution in [2.24, 2.45) is 0 Å². The van der Waals surface area contributed by atoms with Crippen molar-refractivity contribution in [3.63, 3.8) is 0 Å². The molecule has 0 N–H and O–H groups in total. The van der Waals surface area contributed by atoms with E-state index in [0.29, 0.717) is 0 Å². The number of nitrogens with zero attached hydrogens (tertiary/aromatic N) is 1. The minimum absolute atomic E-state index is 0.000833. The number of alkyl halides is 6. The molecule has 0 aliphatic carbocycles. The summed E-state index contributed by atoms with van der Waals surface area (Å²) in [6.07, 6.45) is -4.38. The van der Waals surface area contributed by atoms with Gasteiger partial charge in [-0.2, -0.15) is 17.6 Å². The van der Waals surface area contributed by atoms with Crippen LogP contribution in [0.15, 0.2) is 0 Å². The van der Waals surface area contributed by atoms with Gasteiger partial charge in [-0.3, -0.25) is 0 Å². The van der Waals surface area contributed by atoms with Crippen molar-refractivity contribution in [2.45, 2.75) is 32.2 Å². The maximum atomic E-state index is 12.8. The molecule has 0 aromatic carbocycles. The lowest BCUT2D eigenvalue weighted by Gasteiger charge is -2.34. The smallest absolute Gasteiger partial charge is 0.240 e. The monoisotopic (exact) mass is 223 g/mol. The highest BCUT2D eigenvalue weighted by molar-refractivity contribution is 4.86. The summed E-state index contributed by atoms with van der Waals surface area (Å²) >= 11 is 0. The summed E-state index contributed by atoms with van der Waals surface area (Å²) in [5.74, 6) is -5.32. The van der Waals surface area contributed by atoms with E-state index >= 15 is 0 Å². The molecule has 0 heterocycles. The summed E-state index contributed by atoms with van der Waals surface area (Å²) < 4.78 is 73.8. The minimum atomic E-state index is -5.32. The Morgan fingerprint density at radius 3 is 1.57 bits per heavy atom. The zero-order valence-corrected chi connectivity index (χ0v) is 7.71. The molecule has 0 unspecified atom stereocenters. The van der Waals surface area contributed by atoms with E-state index in [2.05, 4.69) is 0 Å². The van der Waals surface area contributed by atoms with Crippen LogP contribution in [0.2, 0.25) is 0 Å². The van der Waals surface area contributed by atoms with Gasteiger partial charge in [0.25, 0.3) is 0 Å². The Labute approximate surface area is 77.7 Å². The van der Waals surface area contributed by atoms with Gasteiger partial charge in [0.05, 0.1) is 0 Å². The number of rotatable bonds is 5. The Bertz CT molecular complexity index is 177. The molecule has 7 heteroatoms. The van der Waals surface area contributed by atoms with Crippen molar-refractivity contribution in [3.05, 3.63) is 0 Å². The fourth-order valence-electron chi connectivity index (χ4n) is 0.963. The van der Waals surface area contributed by atoms with Crippen molar-refractivity contribution in [1.82, 2.24) is 4.90 Å². The first kappa shape index (κ1) is 13.5. The lowest BCUT2D eigenvalue weighted by Crippen LogP contribution is -2.57. The first-order valence-electron chi connectivity index (χ1n) is 4.00. The van der Waals surface area contributed by atoms with E-state index in [1.54, 1.807) is 0 Å². The largest absolute Gasteiger partial charge is 0.383 e. The van der Waals surface area contributed by atoms with Gasteiger partial charge in [0.2, 0.25) is 0 Å². The molecule has 0 amide bonds. The van der Waals surface area contributed by atoms with Gasteiger partial charge in [-0.25, -0.2) is 13.7 Å². The molecule has 1 nitrogen and oxygen atoms in total. The molecular formula is C7H11F6N. The molecule has 0 saturated heterocycles. The molecule has 0 aliphatic heterocycles. The lowest BCUT2D eigenvalue weighted by atomic mass is 10.2. The summed E-state index contributed by atoms with van der Waals surface area (Å²) in [6.45, 7) is 1.54. The molecule has 0 aromatic rings. The molecule has 0 atom stereocenters. The highest BCUT2D eigenvalue weighted by Crippen LogP contribution is 2.41. The van der Waals surface area contributed by atoms with E-state index in [1.807, 2.05) is 0 Å². The van der Waals surface area contributed by atoms with Gasteiger partial charge < -0.3 is 0 Å². The highest BCUT2D eigenvalue weighted by Gasteiger charge is 2.65. The van der Waals surface area contributed by atoms with E-state index in [9.17, 15) is 26.3 Å². The van der Waals surface area contributed by atoms with Crippen LogP contribution >= 0.6 is 0 Å². The SMILES string of the molecule is CCN(CC)C(F)(F)C(F)(F)C(F)F. The summed E-state index contributed by atoms with van der Waals surface area (Å²) in [5, 5.41) is 0. The standard InChI is InChI=1S/C7H11F6N/c1-3-14(4-2)7(12,13)6(10,11)5(8)9/h5H,3-4H2,1-2H3. The Morgan fingerprint density at radius 2 is 1.36 bits per heavy atom. The lowest BCUT2D eigenvalue weighted by molar-refractivity contribution is -0.321. The topological polar surface area (TPSA) is 3.24 Å². The Hall–Kier alpha value is -0.460. The van der Waals surface area contributed by atoms with Crippen molar-refractivity contribution >= 4 is 0 Å². The molecule has 0 spiro atoms. The maximum absolute atomic E-state index is 12.8. The van der Waals surface area contributed by atoms with E-state index in [1.165, 1.54) is 13.8 Å². The third kappa shape index (κ3) is 2.13. The predicted octanol–water partition coefficient (Wildman–Crippen LogP) is 2.82. The maximum Gasteiger partial charge on any atom is 0.383 e. The normalized spacial score (nSPS) is 14.1. The Kier molecular flexibility index (Phi) is 4.23. The predicted molar refractivity (Wildman–Crippen MR) is 38.8 cm³/mol. The third-order valence-electron chi connectivity index (χ3n) is 1.84. The number of hydrogen-bond donors (Lipinski definition) is 0. The van der Waals surface area contributed by atoms with Crippen LogP contribution in [0.1, 0.15) is 13.8 Å². The van der Waals surface area contributed by atoms with Crippen LogP contribution in [0.3, 0.4) is 0 Å². The van der Waals surface area contributed by atoms with Gasteiger partial charge in [0, 0.05) is 13.1 Å². The van der Waals surface area contributed by atoms with E-state index in [0.717, 1.165) is 0 Å². The van der Waals surface area contributed by atoms with Crippen LogP contribution in [0.4, 0.5) is 26.3 Å². The van der Waals surface area contributed by atoms with Crippen molar-refractivity contribution < 1.29 is 26.3 Å². The van der Waals surface area contributed by atoms with E-state index in [4.69, 9.17) is 0 Å². The molecule has 0 rings (SSSR count). The average molecular weight is 223 g/mol. The molecule has 0 aliphatic rings. The second kappa shape index (κ2) is 4.37. The second-order valence-corrected chi connectivity index (χ2v) is 2.64. The van der Waals surface area contributed by atoms with Gasteiger partial charge in [-0.15, -0.1) is 0 Å². The average Bonchev–Trinajstić information content (AvgIpc) is 2.05. The molecule has 0 fully saturated rings.